The number of likely N-dealkylation sites (tertiary alicyclic amines) is 1. The molecule has 1 heterocycles. The van der Waals surface area contributed by atoms with E-state index in [-0.39, 0.29) is 5.97 Å². The molecule has 2 unspecified atom stereocenters. The van der Waals surface area contributed by atoms with Crippen LogP contribution in [-0.4, -0.2) is 50.2 Å². The van der Waals surface area contributed by atoms with E-state index in [0.717, 1.165) is 25.6 Å². The van der Waals surface area contributed by atoms with Gasteiger partial charge < -0.3 is 15.0 Å². The van der Waals surface area contributed by atoms with Crippen molar-refractivity contribution in [2.75, 3.05) is 33.8 Å². The van der Waals surface area contributed by atoms with Crippen LogP contribution in [0, 0.1) is 5.92 Å². The lowest BCUT2D eigenvalue weighted by Crippen LogP contribution is -2.55. The lowest BCUT2D eigenvalue weighted by atomic mass is 10.0. The molecule has 1 fully saturated rings. The van der Waals surface area contributed by atoms with Gasteiger partial charge >= 0.3 is 5.97 Å². The minimum absolute atomic E-state index is 0.190. The topological polar surface area (TPSA) is 41.6 Å². The van der Waals surface area contributed by atoms with E-state index in [0.29, 0.717) is 0 Å². The predicted octanol–water partition coefficient (Wildman–Crippen LogP) is 0.479. The molecule has 0 spiro atoms. The highest BCUT2D eigenvalue weighted by Gasteiger charge is 2.36. The molecular formula is C11H22N2O2. The standard InChI is InChI=1S/C11H22N2O2/c1-9-5-6-13(7-9)8-11(2,12-3)10(14)15-4/h9,12H,5-8H2,1-4H3. The molecule has 15 heavy (non-hydrogen) atoms. The van der Waals surface area contributed by atoms with E-state index in [4.69, 9.17) is 4.74 Å². The summed E-state index contributed by atoms with van der Waals surface area (Å²) in [4.78, 5) is 13.9. The van der Waals surface area contributed by atoms with E-state index in [1.54, 1.807) is 7.05 Å². The summed E-state index contributed by atoms with van der Waals surface area (Å²) in [5.41, 5.74) is -0.585. The predicted molar refractivity (Wildman–Crippen MR) is 59.7 cm³/mol. The van der Waals surface area contributed by atoms with Crippen molar-refractivity contribution < 1.29 is 9.53 Å². The van der Waals surface area contributed by atoms with Gasteiger partial charge in [0.25, 0.3) is 0 Å². The van der Waals surface area contributed by atoms with Crippen LogP contribution in [0.5, 0.6) is 0 Å². The Morgan fingerprint density at radius 3 is 2.73 bits per heavy atom. The van der Waals surface area contributed by atoms with Crippen molar-refractivity contribution in [3.05, 3.63) is 0 Å². The van der Waals surface area contributed by atoms with E-state index in [2.05, 4.69) is 17.1 Å². The van der Waals surface area contributed by atoms with Crippen LogP contribution in [0.1, 0.15) is 20.3 Å². The van der Waals surface area contributed by atoms with Gasteiger partial charge in [0.15, 0.2) is 0 Å². The second-order valence-corrected chi connectivity index (χ2v) is 4.70. The lowest BCUT2D eigenvalue weighted by Gasteiger charge is -2.30. The Balaban J connectivity index is 2.56. The van der Waals surface area contributed by atoms with Gasteiger partial charge in [0.1, 0.15) is 5.54 Å². The largest absolute Gasteiger partial charge is 0.468 e. The van der Waals surface area contributed by atoms with Crippen LogP contribution >= 0.6 is 0 Å². The quantitative estimate of drug-likeness (QED) is 0.691. The maximum absolute atomic E-state index is 11.6. The highest BCUT2D eigenvalue weighted by molar-refractivity contribution is 5.80. The van der Waals surface area contributed by atoms with E-state index in [9.17, 15) is 4.79 Å². The Hall–Kier alpha value is -0.610. The summed E-state index contributed by atoms with van der Waals surface area (Å²) in [6, 6.07) is 0. The third-order valence-corrected chi connectivity index (χ3v) is 3.24. The van der Waals surface area contributed by atoms with Crippen LogP contribution in [-0.2, 0) is 9.53 Å². The van der Waals surface area contributed by atoms with Crippen molar-refractivity contribution in [1.82, 2.24) is 10.2 Å². The molecule has 0 aromatic carbocycles. The normalized spacial score (nSPS) is 26.3. The zero-order valence-corrected chi connectivity index (χ0v) is 10.2. The van der Waals surface area contributed by atoms with Crippen molar-refractivity contribution in [2.45, 2.75) is 25.8 Å². The molecule has 0 saturated carbocycles. The molecule has 0 amide bonds. The number of hydrogen-bond acceptors (Lipinski definition) is 4. The summed E-state index contributed by atoms with van der Waals surface area (Å²) in [7, 11) is 3.24. The third-order valence-electron chi connectivity index (χ3n) is 3.24. The fourth-order valence-corrected chi connectivity index (χ4v) is 2.09. The van der Waals surface area contributed by atoms with Crippen LogP contribution in [0.25, 0.3) is 0 Å². The van der Waals surface area contributed by atoms with Crippen LogP contribution < -0.4 is 5.32 Å². The molecule has 1 saturated heterocycles. The van der Waals surface area contributed by atoms with Crippen molar-refractivity contribution in [3.8, 4) is 0 Å². The summed E-state index contributed by atoms with van der Waals surface area (Å²) in [6.07, 6.45) is 1.22. The molecule has 88 valence electrons. The first-order valence-electron chi connectivity index (χ1n) is 5.51. The number of carbonyl (C=O) groups is 1. The summed E-state index contributed by atoms with van der Waals surface area (Å²) in [6.45, 7) is 7.01. The zero-order valence-electron chi connectivity index (χ0n) is 10.2. The van der Waals surface area contributed by atoms with Gasteiger partial charge in [0.2, 0.25) is 0 Å². The first-order chi connectivity index (χ1) is 7.01. The Labute approximate surface area is 92.0 Å². The number of nitrogens with zero attached hydrogens (tertiary/aromatic N) is 1. The van der Waals surface area contributed by atoms with Gasteiger partial charge in [0, 0.05) is 13.1 Å². The molecule has 0 aromatic rings. The summed E-state index contributed by atoms with van der Waals surface area (Å²) >= 11 is 0. The van der Waals surface area contributed by atoms with Gasteiger partial charge in [0.05, 0.1) is 7.11 Å². The second kappa shape index (κ2) is 4.94. The van der Waals surface area contributed by atoms with Crippen LogP contribution in [0.3, 0.4) is 0 Å². The molecular weight excluding hydrogens is 192 g/mol. The second-order valence-electron chi connectivity index (χ2n) is 4.70. The number of carbonyl (C=O) groups excluding carboxylic acids is 1. The fourth-order valence-electron chi connectivity index (χ4n) is 2.09. The van der Waals surface area contributed by atoms with E-state index >= 15 is 0 Å². The Morgan fingerprint density at radius 1 is 1.67 bits per heavy atom. The smallest absolute Gasteiger partial charge is 0.327 e. The van der Waals surface area contributed by atoms with Gasteiger partial charge in [-0.3, -0.25) is 4.79 Å². The molecule has 4 nitrogen and oxygen atoms in total. The first kappa shape index (κ1) is 12.5. The third kappa shape index (κ3) is 2.92. The number of nitrogens with one attached hydrogen (secondary N) is 1. The number of rotatable bonds is 4. The molecule has 0 bridgehead atoms. The van der Waals surface area contributed by atoms with E-state index < -0.39 is 5.54 Å². The van der Waals surface area contributed by atoms with Crippen molar-refractivity contribution in [3.63, 3.8) is 0 Å². The van der Waals surface area contributed by atoms with Gasteiger partial charge in [-0.1, -0.05) is 6.92 Å². The minimum atomic E-state index is -0.585. The molecule has 0 aliphatic carbocycles. The maximum Gasteiger partial charge on any atom is 0.327 e. The maximum atomic E-state index is 11.6. The highest BCUT2D eigenvalue weighted by Crippen LogP contribution is 2.18. The van der Waals surface area contributed by atoms with Gasteiger partial charge in [-0.25, -0.2) is 0 Å². The summed E-state index contributed by atoms with van der Waals surface area (Å²) in [5.74, 6) is 0.549. The summed E-state index contributed by atoms with van der Waals surface area (Å²) < 4.78 is 4.82. The first-order valence-corrected chi connectivity index (χ1v) is 5.51. The average molecular weight is 214 g/mol. The van der Waals surface area contributed by atoms with Crippen molar-refractivity contribution >= 4 is 5.97 Å². The Morgan fingerprint density at radius 2 is 2.33 bits per heavy atom. The van der Waals surface area contributed by atoms with E-state index in [1.165, 1.54) is 13.5 Å². The highest BCUT2D eigenvalue weighted by atomic mass is 16.5. The lowest BCUT2D eigenvalue weighted by molar-refractivity contribution is -0.148. The molecule has 1 rings (SSSR count). The van der Waals surface area contributed by atoms with E-state index in [1.807, 2.05) is 6.92 Å². The number of ether oxygens (including phenoxy) is 1. The van der Waals surface area contributed by atoms with Crippen molar-refractivity contribution in [2.24, 2.45) is 5.92 Å². The number of esters is 1. The minimum Gasteiger partial charge on any atom is -0.468 e. The average Bonchev–Trinajstić information content (AvgIpc) is 2.62. The Kier molecular flexibility index (Phi) is 4.11. The van der Waals surface area contributed by atoms with Crippen molar-refractivity contribution in [1.29, 1.82) is 0 Å². The number of methoxy groups -OCH3 is 1. The Bertz CT molecular complexity index is 233. The molecule has 1 N–H and O–H groups in total. The molecule has 0 radical (unpaired) electrons. The van der Waals surface area contributed by atoms with Gasteiger partial charge in [-0.15, -0.1) is 0 Å². The fraction of sp³-hybridized carbons (Fsp3) is 0.909. The number of likely N-dealkylation sites (N-methyl/N-ethyl adjacent to an activating group) is 1. The van der Waals surface area contributed by atoms with Crippen LogP contribution in [0.4, 0.5) is 0 Å². The van der Waals surface area contributed by atoms with Crippen LogP contribution in [0.2, 0.25) is 0 Å². The molecule has 0 aromatic heterocycles. The molecule has 2 atom stereocenters. The molecule has 1 aliphatic rings. The molecule has 4 heteroatoms. The number of hydrogen-bond donors (Lipinski definition) is 1. The van der Waals surface area contributed by atoms with Gasteiger partial charge in [-0.05, 0) is 32.9 Å². The van der Waals surface area contributed by atoms with Gasteiger partial charge in [-0.2, -0.15) is 0 Å². The monoisotopic (exact) mass is 214 g/mol. The SMILES string of the molecule is CNC(C)(CN1CCC(C)C1)C(=O)OC. The zero-order chi connectivity index (χ0) is 11.5. The molecule has 1 aliphatic heterocycles. The summed E-state index contributed by atoms with van der Waals surface area (Å²) in [5, 5.41) is 3.05. The van der Waals surface area contributed by atoms with Crippen LogP contribution in [0.15, 0.2) is 0 Å².